The van der Waals surface area contributed by atoms with Crippen LogP contribution in [0.4, 0.5) is 0 Å². The SMILES string of the molecule is Cc1ccccc1CC(CO)C1CC1. The summed E-state index contributed by atoms with van der Waals surface area (Å²) in [5.41, 5.74) is 2.75. The quantitative estimate of drug-likeness (QED) is 0.773. The molecule has 0 saturated heterocycles. The second-order valence-electron chi connectivity index (χ2n) is 4.41. The molecule has 1 nitrogen and oxygen atoms in total. The van der Waals surface area contributed by atoms with Crippen LogP contribution < -0.4 is 0 Å². The number of rotatable bonds is 4. The van der Waals surface area contributed by atoms with E-state index in [0.29, 0.717) is 12.5 Å². The molecular formula is C13H18O. The highest BCUT2D eigenvalue weighted by molar-refractivity contribution is 5.26. The zero-order valence-corrected chi connectivity index (χ0v) is 8.74. The summed E-state index contributed by atoms with van der Waals surface area (Å²) in [5.74, 6) is 1.29. The minimum absolute atomic E-state index is 0.346. The molecule has 0 radical (unpaired) electrons. The van der Waals surface area contributed by atoms with Crippen LogP contribution in [0.1, 0.15) is 24.0 Å². The average Bonchev–Trinajstić information content (AvgIpc) is 3.00. The fourth-order valence-electron chi connectivity index (χ4n) is 2.07. The van der Waals surface area contributed by atoms with Gasteiger partial charge in [-0.3, -0.25) is 0 Å². The summed E-state index contributed by atoms with van der Waals surface area (Å²) in [4.78, 5) is 0. The Kier molecular flexibility index (Phi) is 2.87. The maximum Gasteiger partial charge on any atom is 0.0465 e. The molecule has 76 valence electrons. The van der Waals surface area contributed by atoms with E-state index in [-0.39, 0.29) is 0 Å². The zero-order valence-electron chi connectivity index (χ0n) is 8.74. The van der Waals surface area contributed by atoms with Crippen molar-refractivity contribution in [2.24, 2.45) is 11.8 Å². The lowest BCUT2D eigenvalue weighted by molar-refractivity contribution is 0.209. The molecule has 1 unspecified atom stereocenters. The monoisotopic (exact) mass is 190 g/mol. The summed E-state index contributed by atoms with van der Waals surface area (Å²) in [5, 5.41) is 9.29. The number of aliphatic hydroxyl groups is 1. The minimum atomic E-state index is 0.346. The van der Waals surface area contributed by atoms with Gasteiger partial charge in [0.15, 0.2) is 0 Å². The molecule has 1 fully saturated rings. The Morgan fingerprint density at radius 3 is 2.64 bits per heavy atom. The van der Waals surface area contributed by atoms with E-state index >= 15 is 0 Å². The van der Waals surface area contributed by atoms with Crippen LogP contribution in [0.25, 0.3) is 0 Å². The molecule has 1 aromatic rings. The molecule has 1 saturated carbocycles. The van der Waals surface area contributed by atoms with Gasteiger partial charge in [-0.2, -0.15) is 0 Å². The highest BCUT2D eigenvalue weighted by Crippen LogP contribution is 2.38. The highest BCUT2D eigenvalue weighted by atomic mass is 16.3. The lowest BCUT2D eigenvalue weighted by atomic mass is 9.93. The highest BCUT2D eigenvalue weighted by Gasteiger charge is 2.30. The molecule has 0 heterocycles. The fourth-order valence-corrected chi connectivity index (χ4v) is 2.07. The first kappa shape index (κ1) is 9.72. The number of aliphatic hydroxyl groups excluding tert-OH is 1. The Labute approximate surface area is 85.8 Å². The van der Waals surface area contributed by atoms with E-state index in [1.165, 1.54) is 24.0 Å². The van der Waals surface area contributed by atoms with Gasteiger partial charge in [-0.1, -0.05) is 24.3 Å². The number of benzene rings is 1. The molecule has 14 heavy (non-hydrogen) atoms. The van der Waals surface area contributed by atoms with Crippen molar-refractivity contribution in [2.45, 2.75) is 26.2 Å². The van der Waals surface area contributed by atoms with Crippen LogP contribution in [0.5, 0.6) is 0 Å². The molecule has 0 bridgehead atoms. The second-order valence-corrected chi connectivity index (χ2v) is 4.41. The molecule has 1 heteroatoms. The van der Waals surface area contributed by atoms with Crippen LogP contribution in [0, 0.1) is 18.8 Å². The van der Waals surface area contributed by atoms with Crippen LogP contribution >= 0.6 is 0 Å². The van der Waals surface area contributed by atoms with Crippen LogP contribution in [0.3, 0.4) is 0 Å². The van der Waals surface area contributed by atoms with E-state index in [1.807, 2.05) is 0 Å². The Morgan fingerprint density at radius 1 is 1.36 bits per heavy atom. The molecule has 1 N–H and O–H groups in total. The van der Waals surface area contributed by atoms with Gasteiger partial charge in [-0.05, 0) is 49.1 Å². The summed E-state index contributed by atoms with van der Waals surface area (Å²) >= 11 is 0. The standard InChI is InChI=1S/C13H18O/c1-10-4-2-3-5-12(10)8-13(9-14)11-6-7-11/h2-5,11,13-14H,6-9H2,1H3. The van der Waals surface area contributed by atoms with Crippen molar-refractivity contribution in [2.75, 3.05) is 6.61 Å². The molecule has 1 aliphatic carbocycles. The molecule has 0 spiro atoms. The Hall–Kier alpha value is -0.820. The van der Waals surface area contributed by atoms with Gasteiger partial charge in [0.2, 0.25) is 0 Å². The van der Waals surface area contributed by atoms with Gasteiger partial charge in [0.05, 0.1) is 0 Å². The van der Waals surface area contributed by atoms with Crippen LogP contribution in [-0.2, 0) is 6.42 Å². The lowest BCUT2D eigenvalue weighted by Gasteiger charge is -2.14. The first-order valence-electron chi connectivity index (χ1n) is 5.46. The summed E-state index contributed by atoms with van der Waals surface area (Å²) < 4.78 is 0. The number of hydrogen-bond donors (Lipinski definition) is 1. The van der Waals surface area contributed by atoms with Gasteiger partial charge >= 0.3 is 0 Å². The maximum atomic E-state index is 9.29. The van der Waals surface area contributed by atoms with E-state index in [1.54, 1.807) is 0 Å². The van der Waals surface area contributed by atoms with Crippen molar-refractivity contribution in [3.05, 3.63) is 35.4 Å². The first-order chi connectivity index (χ1) is 6.81. The van der Waals surface area contributed by atoms with E-state index < -0.39 is 0 Å². The largest absolute Gasteiger partial charge is 0.396 e. The number of hydrogen-bond acceptors (Lipinski definition) is 1. The van der Waals surface area contributed by atoms with Gasteiger partial charge in [-0.25, -0.2) is 0 Å². The maximum absolute atomic E-state index is 9.29. The normalized spacial score (nSPS) is 18.1. The third-order valence-electron chi connectivity index (χ3n) is 3.27. The minimum Gasteiger partial charge on any atom is -0.396 e. The molecule has 0 aliphatic heterocycles. The lowest BCUT2D eigenvalue weighted by Crippen LogP contribution is -2.12. The number of aryl methyl sites for hydroxylation is 1. The van der Waals surface area contributed by atoms with E-state index in [4.69, 9.17) is 0 Å². The van der Waals surface area contributed by atoms with Gasteiger partial charge in [0.25, 0.3) is 0 Å². The van der Waals surface area contributed by atoms with Crippen LogP contribution in [0.2, 0.25) is 0 Å². The van der Waals surface area contributed by atoms with Gasteiger partial charge in [0, 0.05) is 6.61 Å². The third-order valence-corrected chi connectivity index (χ3v) is 3.27. The molecule has 1 aliphatic rings. The average molecular weight is 190 g/mol. The van der Waals surface area contributed by atoms with Gasteiger partial charge in [-0.15, -0.1) is 0 Å². The first-order valence-corrected chi connectivity index (χ1v) is 5.46. The molecule has 1 aromatic carbocycles. The second kappa shape index (κ2) is 4.14. The molecule has 1 atom stereocenters. The Morgan fingerprint density at radius 2 is 2.07 bits per heavy atom. The van der Waals surface area contributed by atoms with E-state index in [0.717, 1.165) is 12.3 Å². The summed E-state index contributed by atoms with van der Waals surface area (Å²) in [6.07, 6.45) is 3.68. The molecule has 0 aromatic heterocycles. The van der Waals surface area contributed by atoms with Crippen LogP contribution in [0.15, 0.2) is 24.3 Å². The van der Waals surface area contributed by atoms with Crippen molar-refractivity contribution in [1.29, 1.82) is 0 Å². The summed E-state index contributed by atoms with van der Waals surface area (Å²) in [6, 6.07) is 8.49. The Bertz CT molecular complexity index is 302. The molecular weight excluding hydrogens is 172 g/mol. The topological polar surface area (TPSA) is 20.2 Å². The van der Waals surface area contributed by atoms with Crippen LogP contribution in [-0.4, -0.2) is 11.7 Å². The summed E-state index contributed by atoms with van der Waals surface area (Å²) in [6.45, 7) is 2.50. The third kappa shape index (κ3) is 2.16. The predicted octanol–water partition coefficient (Wildman–Crippen LogP) is 2.56. The van der Waals surface area contributed by atoms with E-state index in [9.17, 15) is 5.11 Å². The molecule has 2 rings (SSSR count). The summed E-state index contributed by atoms with van der Waals surface area (Å²) in [7, 11) is 0. The van der Waals surface area contributed by atoms with Crippen molar-refractivity contribution >= 4 is 0 Å². The van der Waals surface area contributed by atoms with Gasteiger partial charge < -0.3 is 5.11 Å². The molecule has 0 amide bonds. The van der Waals surface area contributed by atoms with Crippen molar-refractivity contribution in [3.63, 3.8) is 0 Å². The van der Waals surface area contributed by atoms with Crippen molar-refractivity contribution in [3.8, 4) is 0 Å². The van der Waals surface area contributed by atoms with E-state index in [2.05, 4.69) is 31.2 Å². The predicted molar refractivity (Wildman–Crippen MR) is 58.2 cm³/mol. The van der Waals surface area contributed by atoms with Crippen molar-refractivity contribution in [1.82, 2.24) is 0 Å². The Balaban J connectivity index is 2.04. The van der Waals surface area contributed by atoms with Gasteiger partial charge in [0.1, 0.15) is 0 Å². The van der Waals surface area contributed by atoms with Crippen molar-refractivity contribution < 1.29 is 5.11 Å². The smallest absolute Gasteiger partial charge is 0.0465 e. The fraction of sp³-hybridized carbons (Fsp3) is 0.538. The zero-order chi connectivity index (χ0) is 9.97.